The van der Waals surface area contributed by atoms with Gasteiger partial charge in [-0.25, -0.2) is 0 Å². The van der Waals surface area contributed by atoms with E-state index in [9.17, 15) is 0 Å². The van der Waals surface area contributed by atoms with Crippen molar-refractivity contribution < 1.29 is 4.74 Å². The first-order chi connectivity index (χ1) is 6.31. The molecule has 1 atom stereocenters. The highest BCUT2D eigenvalue weighted by Gasteiger charge is 2.00. The monoisotopic (exact) mass is 205 g/mol. The SMILES string of the molecule is COCCNCC(C)CCCSC. The van der Waals surface area contributed by atoms with Crippen LogP contribution >= 0.6 is 11.8 Å². The third-order valence-electron chi connectivity index (χ3n) is 2.02. The molecule has 0 spiro atoms. The minimum atomic E-state index is 0.795. The topological polar surface area (TPSA) is 21.3 Å². The lowest BCUT2D eigenvalue weighted by atomic mass is 10.1. The number of nitrogens with one attached hydrogen (secondary N) is 1. The molecule has 0 aliphatic heterocycles. The summed E-state index contributed by atoms with van der Waals surface area (Å²) in [7, 11) is 1.74. The van der Waals surface area contributed by atoms with Crippen molar-refractivity contribution in [2.45, 2.75) is 19.8 Å². The van der Waals surface area contributed by atoms with Crippen molar-refractivity contribution in [3.8, 4) is 0 Å². The lowest BCUT2D eigenvalue weighted by Crippen LogP contribution is -2.24. The summed E-state index contributed by atoms with van der Waals surface area (Å²) in [5, 5.41) is 3.38. The van der Waals surface area contributed by atoms with E-state index >= 15 is 0 Å². The molecule has 0 fully saturated rings. The fourth-order valence-corrected chi connectivity index (χ4v) is 1.66. The molecule has 1 unspecified atom stereocenters. The number of ether oxygens (including phenoxy) is 1. The Morgan fingerprint density at radius 2 is 2.23 bits per heavy atom. The van der Waals surface area contributed by atoms with Crippen LogP contribution in [0, 0.1) is 5.92 Å². The summed E-state index contributed by atoms with van der Waals surface area (Å²) >= 11 is 1.94. The Labute approximate surface area is 86.8 Å². The number of rotatable bonds is 9. The minimum absolute atomic E-state index is 0.795. The quantitative estimate of drug-likeness (QED) is 0.582. The second-order valence-electron chi connectivity index (χ2n) is 3.44. The standard InChI is InChI=1S/C10H23NOS/c1-10(5-4-8-13-3)9-11-6-7-12-2/h10-11H,4-9H2,1-3H3. The highest BCUT2D eigenvalue weighted by molar-refractivity contribution is 7.98. The van der Waals surface area contributed by atoms with Gasteiger partial charge in [-0.15, -0.1) is 0 Å². The summed E-state index contributed by atoms with van der Waals surface area (Å²) in [6.07, 6.45) is 4.84. The third-order valence-corrected chi connectivity index (χ3v) is 2.72. The van der Waals surface area contributed by atoms with Gasteiger partial charge in [0.2, 0.25) is 0 Å². The smallest absolute Gasteiger partial charge is 0.0587 e. The first-order valence-corrected chi connectivity index (χ1v) is 6.39. The van der Waals surface area contributed by atoms with Crippen molar-refractivity contribution in [2.75, 3.05) is 38.8 Å². The molecule has 80 valence electrons. The van der Waals surface area contributed by atoms with E-state index < -0.39 is 0 Å². The lowest BCUT2D eigenvalue weighted by Gasteiger charge is -2.11. The molecule has 0 heterocycles. The average molecular weight is 205 g/mol. The molecular weight excluding hydrogens is 182 g/mol. The first-order valence-electron chi connectivity index (χ1n) is 4.99. The van der Waals surface area contributed by atoms with Gasteiger partial charge in [0.25, 0.3) is 0 Å². The Balaban J connectivity index is 3.05. The van der Waals surface area contributed by atoms with Crippen LogP contribution in [-0.2, 0) is 4.74 Å². The molecule has 3 heteroatoms. The molecule has 0 amide bonds. The normalized spacial score (nSPS) is 13.2. The zero-order valence-corrected chi connectivity index (χ0v) is 9.95. The number of methoxy groups -OCH3 is 1. The maximum Gasteiger partial charge on any atom is 0.0587 e. The van der Waals surface area contributed by atoms with E-state index in [1.165, 1.54) is 18.6 Å². The van der Waals surface area contributed by atoms with Crippen molar-refractivity contribution in [3.05, 3.63) is 0 Å². The Morgan fingerprint density at radius 1 is 1.46 bits per heavy atom. The molecule has 1 N–H and O–H groups in total. The summed E-state index contributed by atoms with van der Waals surface area (Å²) in [5.41, 5.74) is 0. The Kier molecular flexibility index (Phi) is 10.6. The van der Waals surface area contributed by atoms with Crippen LogP contribution in [-0.4, -0.2) is 38.8 Å². The Bertz CT molecular complexity index is 101. The van der Waals surface area contributed by atoms with Gasteiger partial charge in [-0.05, 0) is 37.3 Å². The molecule has 0 saturated carbocycles. The van der Waals surface area contributed by atoms with Crippen LogP contribution in [0.1, 0.15) is 19.8 Å². The summed E-state index contributed by atoms with van der Waals surface area (Å²) in [5.74, 6) is 2.09. The summed E-state index contributed by atoms with van der Waals surface area (Å²) < 4.78 is 4.96. The van der Waals surface area contributed by atoms with Gasteiger partial charge < -0.3 is 10.1 Å². The van der Waals surface area contributed by atoms with Gasteiger partial charge in [-0.1, -0.05) is 6.92 Å². The third kappa shape index (κ3) is 10.2. The number of thioether (sulfide) groups is 1. The van der Waals surface area contributed by atoms with E-state index in [1.807, 2.05) is 11.8 Å². The van der Waals surface area contributed by atoms with Crippen molar-refractivity contribution in [1.29, 1.82) is 0 Å². The number of hydrogen-bond acceptors (Lipinski definition) is 3. The summed E-state index contributed by atoms with van der Waals surface area (Å²) in [6.45, 7) is 5.22. The first kappa shape index (κ1) is 13.3. The van der Waals surface area contributed by atoms with E-state index in [-0.39, 0.29) is 0 Å². The highest BCUT2D eigenvalue weighted by Crippen LogP contribution is 2.07. The van der Waals surface area contributed by atoms with Gasteiger partial charge in [0, 0.05) is 13.7 Å². The van der Waals surface area contributed by atoms with Crippen LogP contribution in [0.5, 0.6) is 0 Å². The minimum Gasteiger partial charge on any atom is -0.383 e. The van der Waals surface area contributed by atoms with Gasteiger partial charge >= 0.3 is 0 Å². The van der Waals surface area contributed by atoms with Crippen LogP contribution in [0.15, 0.2) is 0 Å². The molecule has 0 radical (unpaired) electrons. The maximum atomic E-state index is 4.96. The van der Waals surface area contributed by atoms with Crippen molar-refractivity contribution in [2.24, 2.45) is 5.92 Å². The van der Waals surface area contributed by atoms with Gasteiger partial charge in [-0.2, -0.15) is 11.8 Å². The lowest BCUT2D eigenvalue weighted by molar-refractivity contribution is 0.198. The predicted molar refractivity (Wildman–Crippen MR) is 61.5 cm³/mol. The van der Waals surface area contributed by atoms with Gasteiger partial charge in [-0.3, -0.25) is 0 Å². The number of hydrogen-bond donors (Lipinski definition) is 1. The predicted octanol–water partition coefficient (Wildman–Crippen LogP) is 2.00. The van der Waals surface area contributed by atoms with Gasteiger partial charge in [0.15, 0.2) is 0 Å². The fraction of sp³-hybridized carbons (Fsp3) is 1.00. The molecule has 0 aliphatic carbocycles. The van der Waals surface area contributed by atoms with Crippen LogP contribution in [0.3, 0.4) is 0 Å². The van der Waals surface area contributed by atoms with Crippen LogP contribution in [0.4, 0.5) is 0 Å². The van der Waals surface area contributed by atoms with Crippen molar-refractivity contribution >= 4 is 11.8 Å². The second kappa shape index (κ2) is 10.4. The van der Waals surface area contributed by atoms with E-state index in [0.717, 1.165) is 25.6 Å². The molecule has 0 aliphatic rings. The van der Waals surface area contributed by atoms with E-state index in [0.29, 0.717) is 0 Å². The van der Waals surface area contributed by atoms with Gasteiger partial charge in [0.1, 0.15) is 0 Å². The molecule has 13 heavy (non-hydrogen) atoms. The van der Waals surface area contributed by atoms with E-state index in [1.54, 1.807) is 7.11 Å². The van der Waals surface area contributed by atoms with Crippen molar-refractivity contribution in [1.82, 2.24) is 5.32 Å². The van der Waals surface area contributed by atoms with Crippen LogP contribution in [0.2, 0.25) is 0 Å². The zero-order valence-electron chi connectivity index (χ0n) is 9.14. The van der Waals surface area contributed by atoms with E-state index in [4.69, 9.17) is 4.74 Å². The molecule has 0 aromatic heterocycles. The Hall–Kier alpha value is 0.270. The van der Waals surface area contributed by atoms with E-state index in [2.05, 4.69) is 18.5 Å². The van der Waals surface area contributed by atoms with Gasteiger partial charge in [0.05, 0.1) is 6.61 Å². The van der Waals surface area contributed by atoms with Crippen LogP contribution < -0.4 is 5.32 Å². The van der Waals surface area contributed by atoms with Crippen LogP contribution in [0.25, 0.3) is 0 Å². The zero-order chi connectivity index (χ0) is 9.94. The molecule has 0 rings (SSSR count). The largest absolute Gasteiger partial charge is 0.383 e. The summed E-state index contributed by atoms with van der Waals surface area (Å²) in [4.78, 5) is 0. The molecule has 0 aromatic carbocycles. The summed E-state index contributed by atoms with van der Waals surface area (Å²) in [6, 6.07) is 0. The maximum absolute atomic E-state index is 4.96. The van der Waals surface area contributed by atoms with Crippen molar-refractivity contribution in [3.63, 3.8) is 0 Å². The average Bonchev–Trinajstić information content (AvgIpc) is 2.13. The molecule has 0 bridgehead atoms. The molecular formula is C10H23NOS. The highest BCUT2D eigenvalue weighted by atomic mass is 32.2. The fourth-order valence-electron chi connectivity index (χ4n) is 1.20. The Morgan fingerprint density at radius 3 is 2.85 bits per heavy atom. The second-order valence-corrected chi connectivity index (χ2v) is 4.42. The molecule has 2 nitrogen and oxygen atoms in total. The molecule has 0 aromatic rings. The molecule has 0 saturated heterocycles.